The van der Waals surface area contributed by atoms with Crippen LogP contribution >= 0.6 is 0 Å². The van der Waals surface area contributed by atoms with Crippen LogP contribution in [0.1, 0.15) is 49.5 Å². The van der Waals surface area contributed by atoms with Crippen molar-refractivity contribution in [3.05, 3.63) is 23.7 Å². The predicted molar refractivity (Wildman–Crippen MR) is 74.5 cm³/mol. The third-order valence-corrected chi connectivity index (χ3v) is 2.77. The Morgan fingerprint density at radius 2 is 2.00 bits per heavy atom. The number of carboxylic acid groups (broad SMARTS) is 1. The van der Waals surface area contributed by atoms with Crippen molar-refractivity contribution in [3.63, 3.8) is 0 Å². The number of amides is 1. The molecule has 0 saturated carbocycles. The average molecular weight is 282 g/mol. The van der Waals surface area contributed by atoms with Crippen LogP contribution in [0, 0.1) is 5.92 Å². The molecule has 0 aliphatic rings. The third kappa shape index (κ3) is 5.44. The second kappa shape index (κ2) is 7.69. The molecule has 0 bridgehead atoms. The van der Waals surface area contributed by atoms with Crippen molar-refractivity contribution in [3.8, 4) is 0 Å². The first-order valence-corrected chi connectivity index (χ1v) is 6.73. The van der Waals surface area contributed by atoms with Gasteiger partial charge in [0.2, 0.25) is 11.7 Å². The summed E-state index contributed by atoms with van der Waals surface area (Å²) in [5.74, 6) is -0.183. The molecule has 6 nitrogen and oxygen atoms in total. The Kier molecular flexibility index (Phi) is 6.24. The minimum Gasteiger partial charge on any atom is -0.475 e. The molecule has 1 atom stereocenters. The zero-order valence-electron chi connectivity index (χ0n) is 12.1. The Labute approximate surface area is 118 Å². The predicted octanol–water partition coefficient (Wildman–Crippen LogP) is 1.79. The van der Waals surface area contributed by atoms with E-state index in [0.717, 1.165) is 0 Å². The van der Waals surface area contributed by atoms with E-state index in [0.29, 0.717) is 31.2 Å². The summed E-state index contributed by atoms with van der Waals surface area (Å²) in [4.78, 5) is 22.2. The molecule has 1 heterocycles. The number of hydrogen-bond donors (Lipinski definition) is 3. The summed E-state index contributed by atoms with van der Waals surface area (Å²) in [7, 11) is 0. The largest absolute Gasteiger partial charge is 0.475 e. The highest BCUT2D eigenvalue weighted by molar-refractivity contribution is 5.84. The van der Waals surface area contributed by atoms with Crippen LogP contribution in [0.15, 0.2) is 16.5 Å². The zero-order chi connectivity index (χ0) is 15.1. The average Bonchev–Trinajstić information content (AvgIpc) is 2.86. The highest BCUT2D eigenvalue weighted by Gasteiger charge is 2.14. The summed E-state index contributed by atoms with van der Waals surface area (Å²) in [6, 6.07) is 2.91. The van der Waals surface area contributed by atoms with Crippen molar-refractivity contribution in [1.82, 2.24) is 10.6 Å². The van der Waals surface area contributed by atoms with E-state index in [1.54, 1.807) is 6.07 Å². The van der Waals surface area contributed by atoms with Crippen LogP contribution in [0.4, 0.5) is 0 Å². The van der Waals surface area contributed by atoms with Gasteiger partial charge in [-0.15, -0.1) is 0 Å². The Morgan fingerprint density at radius 3 is 2.55 bits per heavy atom. The molecule has 0 spiro atoms. The molecule has 0 saturated heterocycles. The fourth-order valence-corrected chi connectivity index (χ4v) is 1.61. The van der Waals surface area contributed by atoms with Crippen molar-refractivity contribution in [2.75, 3.05) is 13.1 Å². The van der Waals surface area contributed by atoms with E-state index >= 15 is 0 Å². The van der Waals surface area contributed by atoms with Crippen molar-refractivity contribution < 1.29 is 19.1 Å². The smallest absolute Gasteiger partial charge is 0.371 e. The summed E-state index contributed by atoms with van der Waals surface area (Å²) in [5, 5.41) is 14.7. The molecule has 0 aliphatic carbocycles. The van der Waals surface area contributed by atoms with Crippen LogP contribution in [0.2, 0.25) is 0 Å². The monoisotopic (exact) mass is 282 g/mol. The normalized spacial score (nSPS) is 12.4. The zero-order valence-corrected chi connectivity index (χ0v) is 12.1. The molecule has 1 amide bonds. The minimum atomic E-state index is -1.09. The van der Waals surface area contributed by atoms with Gasteiger partial charge in [-0.1, -0.05) is 13.8 Å². The number of hydrogen-bond acceptors (Lipinski definition) is 4. The maximum absolute atomic E-state index is 11.5. The number of aromatic carboxylic acids is 1. The second-order valence-electron chi connectivity index (χ2n) is 5.13. The SMILES string of the molecule is CC(C)CNC(=O)CCNC(C)c1ccc(C(=O)O)o1. The van der Waals surface area contributed by atoms with Gasteiger partial charge < -0.3 is 20.2 Å². The lowest BCUT2D eigenvalue weighted by atomic mass is 10.2. The maximum atomic E-state index is 11.5. The highest BCUT2D eigenvalue weighted by Crippen LogP contribution is 2.16. The van der Waals surface area contributed by atoms with Crippen molar-refractivity contribution >= 4 is 11.9 Å². The number of furan rings is 1. The molecule has 20 heavy (non-hydrogen) atoms. The summed E-state index contributed by atoms with van der Waals surface area (Å²) >= 11 is 0. The maximum Gasteiger partial charge on any atom is 0.371 e. The molecule has 1 rings (SSSR count). The molecule has 1 aromatic rings. The lowest BCUT2D eigenvalue weighted by Gasteiger charge is -2.12. The van der Waals surface area contributed by atoms with Gasteiger partial charge in [0, 0.05) is 19.5 Å². The summed E-state index contributed by atoms with van der Waals surface area (Å²) in [6.45, 7) is 7.12. The molecule has 0 aliphatic heterocycles. The molecule has 1 aromatic heterocycles. The van der Waals surface area contributed by atoms with E-state index in [2.05, 4.69) is 10.6 Å². The van der Waals surface area contributed by atoms with E-state index < -0.39 is 5.97 Å². The quantitative estimate of drug-likeness (QED) is 0.676. The Balaban J connectivity index is 2.30. The molecule has 112 valence electrons. The van der Waals surface area contributed by atoms with Crippen LogP contribution in [-0.4, -0.2) is 30.1 Å². The molecule has 0 fully saturated rings. The van der Waals surface area contributed by atoms with Gasteiger partial charge in [-0.05, 0) is 25.0 Å². The number of carbonyl (C=O) groups is 2. The van der Waals surface area contributed by atoms with E-state index in [1.165, 1.54) is 6.07 Å². The minimum absolute atomic E-state index is 0.00377. The molecular weight excluding hydrogens is 260 g/mol. The third-order valence-electron chi connectivity index (χ3n) is 2.77. The van der Waals surface area contributed by atoms with Gasteiger partial charge in [-0.3, -0.25) is 4.79 Å². The van der Waals surface area contributed by atoms with Gasteiger partial charge in [0.25, 0.3) is 0 Å². The van der Waals surface area contributed by atoms with Crippen LogP contribution in [0.3, 0.4) is 0 Å². The van der Waals surface area contributed by atoms with Gasteiger partial charge in [0.05, 0.1) is 6.04 Å². The van der Waals surface area contributed by atoms with Crippen LogP contribution in [-0.2, 0) is 4.79 Å². The molecule has 0 aromatic carbocycles. The van der Waals surface area contributed by atoms with Crippen molar-refractivity contribution in [2.45, 2.75) is 33.2 Å². The van der Waals surface area contributed by atoms with E-state index in [9.17, 15) is 9.59 Å². The molecule has 6 heteroatoms. The van der Waals surface area contributed by atoms with Crippen LogP contribution in [0.5, 0.6) is 0 Å². The summed E-state index contributed by atoms with van der Waals surface area (Å²) in [6.07, 6.45) is 0.379. The number of carboxylic acids is 1. The number of carbonyl (C=O) groups excluding carboxylic acids is 1. The molecular formula is C14H22N2O4. The van der Waals surface area contributed by atoms with Crippen molar-refractivity contribution in [1.29, 1.82) is 0 Å². The fraction of sp³-hybridized carbons (Fsp3) is 0.571. The molecule has 0 radical (unpaired) electrons. The van der Waals surface area contributed by atoms with Gasteiger partial charge in [-0.25, -0.2) is 4.79 Å². The lowest BCUT2D eigenvalue weighted by Crippen LogP contribution is -2.31. The van der Waals surface area contributed by atoms with Gasteiger partial charge >= 0.3 is 5.97 Å². The highest BCUT2D eigenvalue weighted by atomic mass is 16.4. The van der Waals surface area contributed by atoms with E-state index in [1.807, 2.05) is 20.8 Å². The molecule has 1 unspecified atom stereocenters. The van der Waals surface area contributed by atoms with Crippen molar-refractivity contribution in [2.24, 2.45) is 5.92 Å². The first kappa shape index (κ1) is 16.2. The van der Waals surface area contributed by atoms with E-state index in [4.69, 9.17) is 9.52 Å². The summed E-state index contributed by atoms with van der Waals surface area (Å²) < 4.78 is 5.18. The van der Waals surface area contributed by atoms with Crippen LogP contribution in [0.25, 0.3) is 0 Å². The Morgan fingerprint density at radius 1 is 1.30 bits per heavy atom. The number of rotatable bonds is 8. The first-order valence-electron chi connectivity index (χ1n) is 6.73. The number of nitrogens with one attached hydrogen (secondary N) is 2. The van der Waals surface area contributed by atoms with Gasteiger partial charge in [0.15, 0.2) is 0 Å². The molecule has 3 N–H and O–H groups in total. The summed E-state index contributed by atoms with van der Waals surface area (Å²) in [5.41, 5.74) is 0. The van der Waals surface area contributed by atoms with Gasteiger partial charge in [0.1, 0.15) is 5.76 Å². The fourth-order valence-electron chi connectivity index (χ4n) is 1.61. The van der Waals surface area contributed by atoms with Crippen LogP contribution < -0.4 is 10.6 Å². The second-order valence-corrected chi connectivity index (χ2v) is 5.13. The van der Waals surface area contributed by atoms with Gasteiger partial charge in [-0.2, -0.15) is 0 Å². The first-order chi connectivity index (χ1) is 9.40. The Bertz CT molecular complexity index is 454. The Hall–Kier alpha value is -1.82. The standard InChI is InChI=1S/C14H22N2O4/c1-9(2)8-16-13(17)6-7-15-10(3)11-4-5-12(20-11)14(18)19/h4-5,9-10,15H,6-8H2,1-3H3,(H,16,17)(H,18,19). The topological polar surface area (TPSA) is 91.6 Å². The van der Waals surface area contributed by atoms with E-state index in [-0.39, 0.29) is 17.7 Å². The lowest BCUT2D eigenvalue weighted by molar-refractivity contribution is -0.121.